The second kappa shape index (κ2) is 6.95. The van der Waals surface area contributed by atoms with Gasteiger partial charge in [-0.3, -0.25) is 9.88 Å². The Morgan fingerprint density at radius 3 is 2.81 bits per heavy atom. The molecule has 134 valence electrons. The van der Waals surface area contributed by atoms with Crippen LogP contribution in [-0.2, 0) is 11.3 Å². The predicted octanol–water partition coefficient (Wildman–Crippen LogP) is 1.98. The van der Waals surface area contributed by atoms with Gasteiger partial charge in [0.25, 0.3) is 0 Å². The first-order chi connectivity index (χ1) is 12.2. The maximum absolute atomic E-state index is 12.9. The van der Waals surface area contributed by atoms with Gasteiger partial charge in [-0.25, -0.2) is 9.78 Å². The summed E-state index contributed by atoms with van der Waals surface area (Å²) >= 11 is 6.19. The zero-order chi connectivity index (χ0) is 18.9. The van der Waals surface area contributed by atoms with Crippen molar-refractivity contribution in [1.29, 1.82) is 0 Å². The second-order valence-corrected chi connectivity index (χ2v) is 7.32. The molecule has 0 aliphatic heterocycles. The van der Waals surface area contributed by atoms with Crippen LogP contribution in [0.1, 0.15) is 26.3 Å². The van der Waals surface area contributed by atoms with Crippen LogP contribution in [0.5, 0.6) is 0 Å². The lowest BCUT2D eigenvalue weighted by atomic mass is 10.0. The highest BCUT2D eigenvalue weighted by Crippen LogP contribution is 2.23. The smallest absolute Gasteiger partial charge is 0.416 e. The van der Waals surface area contributed by atoms with Crippen molar-refractivity contribution in [3.05, 3.63) is 47.5 Å². The van der Waals surface area contributed by atoms with Gasteiger partial charge in [-0.05, 0) is 37.9 Å². The summed E-state index contributed by atoms with van der Waals surface area (Å²) in [6, 6.07) is 5.30. The van der Waals surface area contributed by atoms with E-state index in [9.17, 15) is 4.79 Å². The number of ether oxygens (including phenoxy) is 1. The highest BCUT2D eigenvalue weighted by Gasteiger charge is 2.26. The van der Waals surface area contributed by atoms with E-state index in [0.29, 0.717) is 11.5 Å². The number of nitrogens with zero attached hydrogens (tertiary/aromatic N) is 5. The van der Waals surface area contributed by atoms with Gasteiger partial charge in [0.05, 0.1) is 6.54 Å². The highest BCUT2D eigenvalue weighted by atomic mass is 35.5. The number of carbonyl (C=O) groups excluding carboxylic acids is 1. The maximum atomic E-state index is 12.9. The minimum absolute atomic E-state index is 0.261. The molecule has 0 unspecified atom stereocenters. The Labute approximate surface area is 157 Å². The fraction of sp³-hybridized carbons (Fsp3) is 0.294. The largest absolute Gasteiger partial charge is 0.443 e. The number of carbonyl (C=O) groups is 1. The fourth-order valence-electron chi connectivity index (χ4n) is 2.45. The number of hydrogen-bond acceptors (Lipinski definition) is 5. The van der Waals surface area contributed by atoms with Crippen molar-refractivity contribution in [1.82, 2.24) is 19.6 Å². The molecule has 0 atom stereocenters. The van der Waals surface area contributed by atoms with Gasteiger partial charge in [-0.2, -0.15) is 9.61 Å². The first-order valence-corrected chi connectivity index (χ1v) is 8.53. The molecule has 26 heavy (non-hydrogen) atoms. The first-order valence-electron chi connectivity index (χ1n) is 8.15. The summed E-state index contributed by atoms with van der Waals surface area (Å²) in [5.74, 6) is 0.478. The number of fused-ring (bicyclic) bond motifs is 1. The van der Waals surface area contributed by atoms with Crippen LogP contribution in [0, 0.1) is 0 Å². The molecule has 0 saturated heterocycles. The molecule has 0 spiro atoms. The highest BCUT2D eigenvalue weighted by molar-refractivity contribution is 6.36. The van der Waals surface area contributed by atoms with Crippen LogP contribution < -0.4 is 10.4 Å². The van der Waals surface area contributed by atoms with Crippen molar-refractivity contribution < 1.29 is 9.53 Å². The molecule has 0 aliphatic rings. The maximum Gasteiger partial charge on any atom is 0.416 e. The van der Waals surface area contributed by atoms with E-state index < -0.39 is 11.7 Å². The van der Waals surface area contributed by atoms with Gasteiger partial charge in [0, 0.05) is 24.7 Å². The van der Waals surface area contributed by atoms with Gasteiger partial charge >= 0.3 is 6.09 Å². The molecule has 3 rings (SSSR count). The quantitative estimate of drug-likeness (QED) is 0.520. The molecule has 0 N–H and O–H groups in total. The number of halogens is 1. The van der Waals surface area contributed by atoms with Crippen molar-refractivity contribution >= 4 is 42.5 Å². The summed E-state index contributed by atoms with van der Waals surface area (Å²) in [7, 11) is 1.88. The molecule has 3 aromatic rings. The van der Waals surface area contributed by atoms with Gasteiger partial charge in [0.1, 0.15) is 24.4 Å². The second-order valence-electron chi connectivity index (χ2n) is 6.93. The number of pyridine rings is 1. The van der Waals surface area contributed by atoms with Crippen molar-refractivity contribution in [2.24, 2.45) is 0 Å². The van der Waals surface area contributed by atoms with Gasteiger partial charge in [0.2, 0.25) is 0 Å². The molecular weight excluding hydrogens is 352 g/mol. The molecule has 0 fully saturated rings. The summed E-state index contributed by atoms with van der Waals surface area (Å²) in [5, 5.41) is 4.61. The van der Waals surface area contributed by atoms with E-state index >= 15 is 0 Å². The lowest BCUT2D eigenvalue weighted by Crippen LogP contribution is -2.37. The molecule has 0 bridgehead atoms. The van der Waals surface area contributed by atoms with E-state index in [2.05, 4.69) is 15.1 Å². The Morgan fingerprint density at radius 2 is 2.15 bits per heavy atom. The van der Waals surface area contributed by atoms with E-state index in [1.54, 1.807) is 29.2 Å². The van der Waals surface area contributed by atoms with E-state index in [-0.39, 0.29) is 11.7 Å². The van der Waals surface area contributed by atoms with Crippen LogP contribution in [0.25, 0.3) is 5.65 Å². The predicted molar refractivity (Wildman–Crippen MR) is 103 cm³/mol. The van der Waals surface area contributed by atoms with E-state index in [1.165, 1.54) is 4.90 Å². The lowest BCUT2D eigenvalue weighted by molar-refractivity contribution is 0.0575. The summed E-state index contributed by atoms with van der Waals surface area (Å²) in [6.45, 7) is 5.72. The van der Waals surface area contributed by atoms with Crippen molar-refractivity contribution in [3.8, 4) is 0 Å². The molecule has 0 saturated carbocycles. The van der Waals surface area contributed by atoms with Crippen molar-refractivity contribution in [2.45, 2.75) is 32.9 Å². The first kappa shape index (κ1) is 18.2. The Hall–Kier alpha value is -2.61. The average molecular weight is 372 g/mol. The van der Waals surface area contributed by atoms with Crippen LogP contribution in [0.2, 0.25) is 5.15 Å². The van der Waals surface area contributed by atoms with Crippen molar-refractivity contribution in [3.63, 3.8) is 0 Å². The summed E-state index contributed by atoms with van der Waals surface area (Å²) in [4.78, 5) is 22.8. The number of rotatable bonds is 3. The molecule has 0 radical (unpaired) electrons. The summed E-state index contributed by atoms with van der Waals surface area (Å²) in [6.07, 6.45) is 4.56. The third kappa shape index (κ3) is 3.96. The molecule has 3 heterocycles. The Kier molecular flexibility index (Phi) is 4.87. The van der Waals surface area contributed by atoms with Gasteiger partial charge in [0.15, 0.2) is 5.65 Å². The zero-order valence-corrected chi connectivity index (χ0v) is 15.9. The third-order valence-corrected chi connectivity index (χ3v) is 3.75. The molecule has 0 aromatic carbocycles. The number of aromatic nitrogens is 4. The van der Waals surface area contributed by atoms with E-state index in [1.807, 2.05) is 40.8 Å². The number of anilines is 1. The summed E-state index contributed by atoms with van der Waals surface area (Å²) in [5.41, 5.74) is 1.66. The SMILES string of the molecule is Bc1cnn2c(N(Cc3cccnc3)C(=O)OC(C)(C)C)cc(Cl)nc12. The molecule has 9 heteroatoms. The van der Waals surface area contributed by atoms with E-state index in [0.717, 1.165) is 11.0 Å². The standard InChI is InChI=1S/C17H19BClN5O2/c1-17(2,3)26-16(25)23(10-11-5-4-6-20-8-11)14-7-13(19)22-15-12(18)9-21-24(14)15/h4-9H,10,18H2,1-3H3. The average Bonchev–Trinajstić information content (AvgIpc) is 2.92. The number of hydrogen-bond donors (Lipinski definition) is 0. The van der Waals surface area contributed by atoms with Crippen LogP contribution in [0.15, 0.2) is 36.8 Å². The van der Waals surface area contributed by atoms with Gasteiger partial charge in [-0.1, -0.05) is 17.7 Å². The lowest BCUT2D eigenvalue weighted by Gasteiger charge is -2.27. The van der Waals surface area contributed by atoms with Crippen LogP contribution in [-0.4, -0.2) is 39.1 Å². The Morgan fingerprint density at radius 1 is 1.38 bits per heavy atom. The topological polar surface area (TPSA) is 72.6 Å². The fourth-order valence-corrected chi connectivity index (χ4v) is 2.63. The van der Waals surface area contributed by atoms with Crippen LogP contribution in [0.4, 0.5) is 10.6 Å². The third-order valence-electron chi connectivity index (χ3n) is 3.55. The minimum Gasteiger partial charge on any atom is -0.443 e. The van der Waals surface area contributed by atoms with Crippen LogP contribution in [0.3, 0.4) is 0 Å². The van der Waals surface area contributed by atoms with Gasteiger partial charge in [-0.15, -0.1) is 0 Å². The Balaban J connectivity index is 2.10. The molecule has 3 aromatic heterocycles. The van der Waals surface area contributed by atoms with Crippen LogP contribution >= 0.6 is 11.6 Å². The minimum atomic E-state index is -0.639. The molecule has 1 amide bonds. The Bertz CT molecular complexity index is 939. The van der Waals surface area contributed by atoms with E-state index in [4.69, 9.17) is 16.3 Å². The molecule has 0 aliphatic carbocycles. The monoisotopic (exact) mass is 371 g/mol. The van der Waals surface area contributed by atoms with Gasteiger partial charge < -0.3 is 4.74 Å². The normalized spacial score (nSPS) is 11.5. The molecular formula is C17H19BClN5O2. The zero-order valence-electron chi connectivity index (χ0n) is 15.1. The number of amides is 1. The van der Waals surface area contributed by atoms with Crippen molar-refractivity contribution in [2.75, 3.05) is 4.90 Å². The molecule has 7 nitrogen and oxygen atoms in total. The summed E-state index contributed by atoms with van der Waals surface area (Å²) < 4.78 is 7.17.